The molecule has 0 heterocycles. The summed E-state index contributed by atoms with van der Waals surface area (Å²) < 4.78 is 0. The fourth-order valence-corrected chi connectivity index (χ4v) is 3.65. The lowest BCUT2D eigenvalue weighted by Crippen LogP contribution is -2.36. The van der Waals surface area contributed by atoms with Gasteiger partial charge in [-0.15, -0.1) is 0 Å². The molecule has 0 aromatic rings. The van der Waals surface area contributed by atoms with E-state index in [0.717, 1.165) is 11.4 Å². The van der Waals surface area contributed by atoms with E-state index < -0.39 is 0 Å². The molecule has 0 aliphatic carbocycles. The molecule has 128 valence electrons. The molecule has 0 saturated carbocycles. The van der Waals surface area contributed by atoms with E-state index in [9.17, 15) is 0 Å². The molecule has 0 saturated heterocycles. The standard InChI is InChI=1S/C19H40BrN/c1-4-7-8-9-10-11-12-13-14-15-17-21(18-16-20)19(5-2)6-3/h19H,4-18H2,1-3H3. The van der Waals surface area contributed by atoms with Crippen LogP contribution < -0.4 is 0 Å². The first-order valence-corrected chi connectivity index (χ1v) is 10.7. The molecule has 2 heteroatoms. The summed E-state index contributed by atoms with van der Waals surface area (Å²) in [6, 6.07) is 0.793. The van der Waals surface area contributed by atoms with Gasteiger partial charge in [-0.2, -0.15) is 0 Å². The normalized spacial score (nSPS) is 11.7. The molecule has 0 aliphatic rings. The molecular weight excluding hydrogens is 322 g/mol. The Morgan fingerprint density at radius 2 is 1.14 bits per heavy atom. The third kappa shape index (κ3) is 12.6. The van der Waals surface area contributed by atoms with Gasteiger partial charge in [0.1, 0.15) is 0 Å². The number of rotatable bonds is 16. The second-order valence-corrected chi connectivity index (χ2v) is 7.17. The van der Waals surface area contributed by atoms with Gasteiger partial charge in [0.25, 0.3) is 0 Å². The van der Waals surface area contributed by atoms with E-state index in [1.54, 1.807) is 0 Å². The fourth-order valence-electron chi connectivity index (χ4n) is 3.19. The van der Waals surface area contributed by atoms with Crippen LogP contribution in [0.2, 0.25) is 0 Å². The van der Waals surface area contributed by atoms with Gasteiger partial charge in [-0.05, 0) is 25.8 Å². The fraction of sp³-hybridized carbons (Fsp3) is 1.00. The Labute approximate surface area is 143 Å². The summed E-state index contributed by atoms with van der Waals surface area (Å²) >= 11 is 3.60. The van der Waals surface area contributed by atoms with Crippen molar-refractivity contribution in [3.05, 3.63) is 0 Å². The third-order valence-electron chi connectivity index (χ3n) is 4.63. The Balaban J connectivity index is 3.49. The lowest BCUT2D eigenvalue weighted by Gasteiger charge is -2.29. The van der Waals surface area contributed by atoms with Crippen molar-refractivity contribution in [2.75, 3.05) is 18.4 Å². The summed E-state index contributed by atoms with van der Waals surface area (Å²) in [6.07, 6.45) is 16.9. The van der Waals surface area contributed by atoms with E-state index in [1.807, 2.05) is 0 Å². The van der Waals surface area contributed by atoms with Gasteiger partial charge in [-0.1, -0.05) is 94.5 Å². The molecule has 0 amide bonds. The SMILES string of the molecule is CCCCCCCCCCCCN(CCBr)C(CC)CC. The van der Waals surface area contributed by atoms with Crippen molar-refractivity contribution in [2.45, 2.75) is 104 Å². The van der Waals surface area contributed by atoms with Gasteiger partial charge in [0.2, 0.25) is 0 Å². The molecule has 0 spiro atoms. The van der Waals surface area contributed by atoms with Crippen molar-refractivity contribution in [1.82, 2.24) is 4.90 Å². The van der Waals surface area contributed by atoms with Crippen LogP contribution in [0, 0.1) is 0 Å². The monoisotopic (exact) mass is 361 g/mol. The predicted molar refractivity (Wildman–Crippen MR) is 102 cm³/mol. The first kappa shape index (κ1) is 21.4. The molecule has 0 rings (SSSR count). The van der Waals surface area contributed by atoms with Crippen molar-refractivity contribution in [3.8, 4) is 0 Å². The lowest BCUT2D eigenvalue weighted by molar-refractivity contribution is 0.193. The number of hydrogen-bond acceptors (Lipinski definition) is 1. The van der Waals surface area contributed by atoms with Gasteiger partial charge in [-0.25, -0.2) is 0 Å². The Morgan fingerprint density at radius 1 is 0.667 bits per heavy atom. The second kappa shape index (κ2) is 16.8. The number of hydrogen-bond donors (Lipinski definition) is 0. The molecule has 0 N–H and O–H groups in total. The van der Waals surface area contributed by atoms with Crippen molar-refractivity contribution >= 4 is 15.9 Å². The van der Waals surface area contributed by atoms with Crippen LogP contribution in [-0.2, 0) is 0 Å². The lowest BCUT2D eigenvalue weighted by atomic mass is 10.1. The molecule has 0 aliphatic heterocycles. The van der Waals surface area contributed by atoms with Crippen molar-refractivity contribution in [3.63, 3.8) is 0 Å². The summed E-state index contributed by atoms with van der Waals surface area (Å²) in [5, 5.41) is 1.11. The molecular formula is C19H40BrN. The molecule has 0 radical (unpaired) electrons. The highest BCUT2D eigenvalue weighted by Gasteiger charge is 2.13. The van der Waals surface area contributed by atoms with Gasteiger partial charge in [0, 0.05) is 17.9 Å². The molecule has 0 atom stereocenters. The topological polar surface area (TPSA) is 3.24 Å². The molecule has 1 nitrogen and oxygen atoms in total. The maximum absolute atomic E-state index is 3.60. The average Bonchev–Trinajstić information content (AvgIpc) is 2.50. The van der Waals surface area contributed by atoms with Crippen LogP contribution in [0.1, 0.15) is 97.8 Å². The van der Waals surface area contributed by atoms with E-state index in [-0.39, 0.29) is 0 Å². The van der Waals surface area contributed by atoms with Crippen LogP contribution in [0.25, 0.3) is 0 Å². The molecule has 0 aromatic carbocycles. The van der Waals surface area contributed by atoms with Crippen LogP contribution in [0.5, 0.6) is 0 Å². The first-order valence-electron chi connectivity index (χ1n) is 9.60. The van der Waals surface area contributed by atoms with Gasteiger partial charge < -0.3 is 0 Å². The van der Waals surface area contributed by atoms with E-state index in [1.165, 1.54) is 90.1 Å². The number of alkyl halides is 1. The second-order valence-electron chi connectivity index (χ2n) is 6.38. The quantitative estimate of drug-likeness (QED) is 0.216. The highest BCUT2D eigenvalue weighted by molar-refractivity contribution is 9.09. The Morgan fingerprint density at radius 3 is 1.57 bits per heavy atom. The zero-order valence-corrected chi connectivity index (χ0v) is 16.6. The first-order chi connectivity index (χ1) is 10.3. The minimum absolute atomic E-state index is 0.793. The van der Waals surface area contributed by atoms with Crippen LogP contribution in [0.15, 0.2) is 0 Å². The van der Waals surface area contributed by atoms with Gasteiger partial charge in [-0.3, -0.25) is 4.90 Å². The minimum Gasteiger partial charge on any atom is -0.300 e. The summed E-state index contributed by atoms with van der Waals surface area (Å²) in [4.78, 5) is 2.69. The highest BCUT2D eigenvalue weighted by Crippen LogP contribution is 2.13. The molecule has 0 fully saturated rings. The maximum atomic E-state index is 3.60. The zero-order valence-electron chi connectivity index (χ0n) is 15.0. The number of halogens is 1. The summed E-state index contributed by atoms with van der Waals surface area (Å²) in [6.45, 7) is 9.46. The van der Waals surface area contributed by atoms with Crippen LogP contribution in [0.4, 0.5) is 0 Å². The van der Waals surface area contributed by atoms with E-state index in [0.29, 0.717) is 0 Å². The van der Waals surface area contributed by atoms with Crippen molar-refractivity contribution < 1.29 is 0 Å². The minimum atomic E-state index is 0.793. The van der Waals surface area contributed by atoms with Gasteiger partial charge in [0.15, 0.2) is 0 Å². The van der Waals surface area contributed by atoms with Crippen LogP contribution in [-0.4, -0.2) is 29.4 Å². The largest absolute Gasteiger partial charge is 0.300 e. The van der Waals surface area contributed by atoms with E-state index in [2.05, 4.69) is 41.6 Å². The molecule has 0 aromatic heterocycles. The van der Waals surface area contributed by atoms with Crippen LogP contribution in [0.3, 0.4) is 0 Å². The van der Waals surface area contributed by atoms with Gasteiger partial charge in [0.05, 0.1) is 0 Å². The van der Waals surface area contributed by atoms with E-state index >= 15 is 0 Å². The number of nitrogens with zero attached hydrogens (tertiary/aromatic N) is 1. The summed E-state index contributed by atoms with van der Waals surface area (Å²) in [5.74, 6) is 0. The maximum Gasteiger partial charge on any atom is 0.0159 e. The van der Waals surface area contributed by atoms with E-state index in [4.69, 9.17) is 0 Å². The Bertz CT molecular complexity index is 192. The van der Waals surface area contributed by atoms with Gasteiger partial charge >= 0.3 is 0 Å². The summed E-state index contributed by atoms with van der Waals surface area (Å²) in [5.41, 5.74) is 0. The molecule has 0 unspecified atom stereocenters. The van der Waals surface area contributed by atoms with Crippen LogP contribution >= 0.6 is 15.9 Å². The molecule has 0 bridgehead atoms. The van der Waals surface area contributed by atoms with Crippen molar-refractivity contribution in [2.24, 2.45) is 0 Å². The third-order valence-corrected chi connectivity index (χ3v) is 4.98. The highest BCUT2D eigenvalue weighted by atomic mass is 79.9. The smallest absolute Gasteiger partial charge is 0.0159 e. The predicted octanol–water partition coefficient (Wildman–Crippen LogP) is 6.79. The zero-order chi connectivity index (χ0) is 15.8. The number of unbranched alkanes of at least 4 members (excludes halogenated alkanes) is 9. The average molecular weight is 362 g/mol. The Kier molecular flexibility index (Phi) is 17.2. The molecule has 21 heavy (non-hydrogen) atoms. The van der Waals surface area contributed by atoms with Crippen molar-refractivity contribution in [1.29, 1.82) is 0 Å². The Hall–Kier alpha value is 0.440. The summed E-state index contributed by atoms with van der Waals surface area (Å²) in [7, 11) is 0.